The molecule has 33 heavy (non-hydrogen) atoms. The van der Waals surface area contributed by atoms with Crippen LogP contribution in [0.3, 0.4) is 0 Å². The quantitative estimate of drug-likeness (QED) is 0.383. The van der Waals surface area contributed by atoms with E-state index in [9.17, 15) is 9.18 Å². The van der Waals surface area contributed by atoms with Gasteiger partial charge in [-0.1, -0.05) is 51.0 Å². The SMILES string of the molecule is CCCCC1(OC(=O)NC(C)C)CCN(C(C=C(C)C)CC(C)(C)c2ccc(F)cc2)CC1. The van der Waals surface area contributed by atoms with E-state index >= 15 is 0 Å². The summed E-state index contributed by atoms with van der Waals surface area (Å²) in [4.78, 5) is 15.0. The molecule has 4 nitrogen and oxygen atoms in total. The van der Waals surface area contributed by atoms with Gasteiger partial charge in [-0.2, -0.15) is 0 Å². The van der Waals surface area contributed by atoms with E-state index in [1.165, 1.54) is 5.57 Å². The van der Waals surface area contributed by atoms with Gasteiger partial charge in [-0.05, 0) is 70.1 Å². The van der Waals surface area contributed by atoms with Crippen molar-refractivity contribution in [2.24, 2.45) is 0 Å². The van der Waals surface area contributed by atoms with Crippen molar-refractivity contribution in [2.75, 3.05) is 13.1 Å². The number of nitrogens with one attached hydrogen (secondary N) is 1. The Morgan fingerprint density at radius 3 is 2.33 bits per heavy atom. The molecule has 1 amide bonds. The van der Waals surface area contributed by atoms with Crippen LogP contribution in [-0.2, 0) is 10.2 Å². The van der Waals surface area contributed by atoms with Crippen LogP contribution in [0.2, 0.25) is 0 Å². The number of carbonyl (C=O) groups excluding carboxylic acids is 1. The molecule has 0 bridgehead atoms. The number of alkyl carbamates (subject to hydrolysis) is 1. The number of ether oxygens (including phenoxy) is 1. The van der Waals surface area contributed by atoms with Crippen molar-refractivity contribution in [3.8, 4) is 0 Å². The van der Waals surface area contributed by atoms with Crippen LogP contribution in [0.1, 0.15) is 92.6 Å². The van der Waals surface area contributed by atoms with E-state index in [1.54, 1.807) is 12.1 Å². The van der Waals surface area contributed by atoms with Gasteiger partial charge in [0.05, 0.1) is 0 Å². The monoisotopic (exact) mass is 460 g/mol. The first-order valence-corrected chi connectivity index (χ1v) is 12.6. The predicted octanol–water partition coefficient (Wildman–Crippen LogP) is 6.99. The third kappa shape index (κ3) is 8.44. The molecule has 1 fully saturated rings. The molecule has 2 rings (SSSR count). The van der Waals surface area contributed by atoms with Crippen LogP contribution in [0.15, 0.2) is 35.9 Å². The van der Waals surface area contributed by atoms with Crippen molar-refractivity contribution < 1.29 is 13.9 Å². The zero-order valence-corrected chi connectivity index (χ0v) is 21.8. The van der Waals surface area contributed by atoms with E-state index in [-0.39, 0.29) is 35.0 Å². The van der Waals surface area contributed by atoms with Gasteiger partial charge in [0, 0.05) is 38.0 Å². The molecule has 0 spiro atoms. The fourth-order valence-corrected chi connectivity index (χ4v) is 4.85. The van der Waals surface area contributed by atoms with Crippen LogP contribution in [0.5, 0.6) is 0 Å². The highest BCUT2D eigenvalue weighted by molar-refractivity contribution is 5.68. The van der Waals surface area contributed by atoms with E-state index in [1.807, 2.05) is 26.0 Å². The molecule has 1 aliphatic rings. The van der Waals surface area contributed by atoms with Gasteiger partial charge in [-0.25, -0.2) is 9.18 Å². The van der Waals surface area contributed by atoms with Crippen molar-refractivity contribution in [2.45, 2.75) is 110 Å². The molecule has 1 aromatic rings. The fraction of sp³-hybridized carbons (Fsp3) is 0.679. The Labute approximate surface area is 201 Å². The van der Waals surface area contributed by atoms with Gasteiger partial charge >= 0.3 is 6.09 Å². The molecule has 1 unspecified atom stereocenters. The van der Waals surface area contributed by atoms with Gasteiger partial charge in [0.25, 0.3) is 0 Å². The van der Waals surface area contributed by atoms with Gasteiger partial charge in [-0.3, -0.25) is 4.90 Å². The number of allylic oxidation sites excluding steroid dienone is 1. The van der Waals surface area contributed by atoms with Crippen molar-refractivity contribution in [1.29, 1.82) is 0 Å². The summed E-state index contributed by atoms with van der Waals surface area (Å²) in [6.45, 7) is 16.6. The summed E-state index contributed by atoms with van der Waals surface area (Å²) in [5.74, 6) is -0.198. The number of likely N-dealkylation sites (tertiary alicyclic amines) is 1. The Kier molecular flexibility index (Phi) is 9.96. The van der Waals surface area contributed by atoms with Gasteiger partial charge in [-0.15, -0.1) is 0 Å². The molecule has 5 heteroatoms. The average molecular weight is 461 g/mol. The standard InChI is InChI=1S/C28H45FN2O2/c1-8-9-14-28(33-26(32)30-22(4)5)15-17-31(18-16-28)25(19-21(2)3)20-27(6,7)23-10-12-24(29)13-11-23/h10-13,19,22,25H,8-9,14-18,20H2,1-7H3,(H,30,32). The molecule has 0 aliphatic carbocycles. The maximum Gasteiger partial charge on any atom is 0.407 e. The van der Waals surface area contributed by atoms with Crippen LogP contribution in [0.4, 0.5) is 9.18 Å². The summed E-state index contributed by atoms with van der Waals surface area (Å²) >= 11 is 0. The number of halogens is 1. The first-order chi connectivity index (χ1) is 15.5. The average Bonchev–Trinajstić information content (AvgIpc) is 2.71. The van der Waals surface area contributed by atoms with Crippen LogP contribution in [-0.4, -0.2) is 41.8 Å². The summed E-state index contributed by atoms with van der Waals surface area (Å²) in [5, 5.41) is 2.89. The van der Waals surface area contributed by atoms with Gasteiger partial charge in [0.1, 0.15) is 11.4 Å². The Morgan fingerprint density at radius 2 is 1.82 bits per heavy atom. The molecule has 0 saturated carbocycles. The normalized spacial score (nSPS) is 17.5. The van der Waals surface area contributed by atoms with E-state index in [2.05, 4.69) is 50.9 Å². The maximum atomic E-state index is 13.5. The molecule has 1 aromatic carbocycles. The number of nitrogens with zero attached hydrogens (tertiary/aromatic N) is 1. The summed E-state index contributed by atoms with van der Waals surface area (Å²) in [6.07, 6.45) is 7.77. The number of carbonyl (C=O) groups is 1. The van der Waals surface area contributed by atoms with Gasteiger partial charge in [0.2, 0.25) is 0 Å². The lowest BCUT2D eigenvalue weighted by Gasteiger charge is -2.45. The lowest BCUT2D eigenvalue weighted by molar-refractivity contribution is -0.0485. The third-order valence-electron chi connectivity index (χ3n) is 6.75. The lowest BCUT2D eigenvalue weighted by Crippen LogP contribution is -2.52. The van der Waals surface area contributed by atoms with E-state index in [0.717, 1.165) is 57.2 Å². The molecule has 0 radical (unpaired) electrons. The number of piperidine rings is 1. The van der Waals surface area contributed by atoms with E-state index in [4.69, 9.17) is 4.74 Å². The predicted molar refractivity (Wildman–Crippen MR) is 135 cm³/mol. The highest BCUT2D eigenvalue weighted by Gasteiger charge is 2.40. The fourth-order valence-electron chi connectivity index (χ4n) is 4.85. The van der Waals surface area contributed by atoms with Gasteiger partial charge in [0.15, 0.2) is 0 Å². The van der Waals surface area contributed by atoms with Crippen molar-refractivity contribution in [3.63, 3.8) is 0 Å². The van der Waals surface area contributed by atoms with E-state index < -0.39 is 0 Å². The summed E-state index contributed by atoms with van der Waals surface area (Å²) < 4.78 is 19.5. The summed E-state index contributed by atoms with van der Waals surface area (Å²) in [7, 11) is 0. The van der Waals surface area contributed by atoms with Crippen LogP contribution in [0, 0.1) is 5.82 Å². The maximum absolute atomic E-state index is 13.5. The number of rotatable bonds is 10. The number of hydrogen-bond donors (Lipinski definition) is 1. The Morgan fingerprint density at radius 1 is 1.21 bits per heavy atom. The highest BCUT2D eigenvalue weighted by Crippen LogP contribution is 2.36. The van der Waals surface area contributed by atoms with Crippen LogP contribution < -0.4 is 5.32 Å². The Balaban J connectivity index is 2.15. The zero-order chi connectivity index (χ0) is 24.6. The second kappa shape index (κ2) is 12.0. The molecular formula is C28H45FN2O2. The topological polar surface area (TPSA) is 41.6 Å². The first-order valence-electron chi connectivity index (χ1n) is 12.6. The number of unbranched alkanes of at least 4 members (excludes halogenated alkanes) is 1. The molecule has 1 heterocycles. The van der Waals surface area contributed by atoms with Crippen LogP contribution in [0.25, 0.3) is 0 Å². The largest absolute Gasteiger partial charge is 0.443 e. The first kappa shape index (κ1) is 27.4. The minimum Gasteiger partial charge on any atom is -0.443 e. The lowest BCUT2D eigenvalue weighted by atomic mass is 9.77. The number of benzene rings is 1. The number of amides is 1. The summed E-state index contributed by atoms with van der Waals surface area (Å²) in [5.41, 5.74) is 1.98. The second-order valence-corrected chi connectivity index (χ2v) is 10.9. The molecule has 1 aliphatic heterocycles. The minimum atomic E-state index is -0.381. The number of hydrogen-bond acceptors (Lipinski definition) is 3. The molecule has 186 valence electrons. The van der Waals surface area contributed by atoms with E-state index in [0.29, 0.717) is 0 Å². The van der Waals surface area contributed by atoms with Crippen LogP contribution >= 0.6 is 0 Å². The second-order valence-electron chi connectivity index (χ2n) is 10.9. The molecule has 1 N–H and O–H groups in total. The third-order valence-corrected chi connectivity index (χ3v) is 6.75. The van der Waals surface area contributed by atoms with Crippen molar-refractivity contribution in [3.05, 3.63) is 47.3 Å². The Bertz CT molecular complexity index is 774. The molecule has 1 atom stereocenters. The zero-order valence-electron chi connectivity index (χ0n) is 21.8. The molecule has 1 saturated heterocycles. The van der Waals surface area contributed by atoms with Crippen molar-refractivity contribution in [1.82, 2.24) is 10.2 Å². The summed E-state index contributed by atoms with van der Waals surface area (Å²) in [6, 6.07) is 7.26. The highest BCUT2D eigenvalue weighted by atomic mass is 19.1. The smallest absolute Gasteiger partial charge is 0.407 e. The molecular weight excluding hydrogens is 415 g/mol. The molecule has 0 aromatic heterocycles. The van der Waals surface area contributed by atoms with Crippen molar-refractivity contribution >= 4 is 6.09 Å². The van der Waals surface area contributed by atoms with Gasteiger partial charge < -0.3 is 10.1 Å². The Hall–Kier alpha value is -1.88. The minimum absolute atomic E-state index is 0.0663.